The number of benzene rings is 1. The summed E-state index contributed by atoms with van der Waals surface area (Å²) in [5, 5.41) is 12.2. The average molecular weight is 390 g/mol. The molecule has 5 rings (SSSR count). The fourth-order valence-corrected chi connectivity index (χ4v) is 4.62. The van der Waals surface area contributed by atoms with Crippen LogP contribution < -0.4 is 4.90 Å². The van der Waals surface area contributed by atoms with Crippen molar-refractivity contribution in [2.24, 2.45) is 7.05 Å². The molecule has 4 heterocycles. The molecule has 0 aliphatic carbocycles. The highest BCUT2D eigenvalue weighted by Crippen LogP contribution is 2.45. The number of nitrogens with one attached hydrogen (secondary N) is 1. The van der Waals surface area contributed by atoms with E-state index in [1.807, 2.05) is 22.8 Å². The monoisotopic (exact) mass is 390 g/mol. The van der Waals surface area contributed by atoms with Gasteiger partial charge in [0.15, 0.2) is 5.82 Å². The largest absolute Gasteiger partial charge is 0.338 e. The molecular formula is C22H26N6O. The molecule has 3 aromatic rings. The summed E-state index contributed by atoms with van der Waals surface area (Å²) >= 11 is 0. The minimum atomic E-state index is 0.122. The van der Waals surface area contributed by atoms with Crippen molar-refractivity contribution in [2.75, 3.05) is 18.0 Å². The number of carbonyl (C=O) groups excluding carboxylic acids is 1. The van der Waals surface area contributed by atoms with Gasteiger partial charge in [-0.1, -0.05) is 13.0 Å². The van der Waals surface area contributed by atoms with E-state index in [9.17, 15) is 4.79 Å². The maximum atomic E-state index is 11.9. The summed E-state index contributed by atoms with van der Waals surface area (Å²) in [5.74, 6) is 1.55. The third kappa shape index (κ3) is 2.92. The molecule has 0 bridgehead atoms. The zero-order chi connectivity index (χ0) is 20.1. The first-order valence-corrected chi connectivity index (χ1v) is 10.3. The average Bonchev–Trinajstić information content (AvgIpc) is 3.43. The predicted octanol–water partition coefficient (Wildman–Crippen LogP) is 3.36. The summed E-state index contributed by atoms with van der Waals surface area (Å²) in [5.41, 5.74) is 7.24. The quantitative estimate of drug-likeness (QED) is 0.744. The lowest BCUT2D eigenvalue weighted by Crippen LogP contribution is -2.34. The Balaban J connectivity index is 1.54. The molecule has 0 radical (unpaired) electrons. The van der Waals surface area contributed by atoms with Gasteiger partial charge in [0.25, 0.3) is 0 Å². The Morgan fingerprint density at radius 1 is 1.31 bits per heavy atom. The van der Waals surface area contributed by atoms with Crippen LogP contribution in [0.3, 0.4) is 0 Å². The van der Waals surface area contributed by atoms with Crippen LogP contribution in [0, 0.1) is 0 Å². The maximum Gasteiger partial charge on any atom is 0.219 e. The minimum Gasteiger partial charge on any atom is -0.338 e. The zero-order valence-corrected chi connectivity index (χ0v) is 17.1. The first kappa shape index (κ1) is 18.0. The Bertz CT molecular complexity index is 1080. The number of anilines is 2. The molecular weight excluding hydrogens is 364 g/mol. The summed E-state index contributed by atoms with van der Waals surface area (Å²) in [4.78, 5) is 16.1. The van der Waals surface area contributed by atoms with Gasteiger partial charge in [-0.25, -0.2) is 0 Å². The molecule has 1 amide bonds. The fraction of sp³-hybridized carbons (Fsp3) is 0.409. The molecule has 7 nitrogen and oxygen atoms in total. The van der Waals surface area contributed by atoms with Gasteiger partial charge in [0.1, 0.15) is 0 Å². The maximum absolute atomic E-state index is 11.9. The Hall–Kier alpha value is -3.09. The van der Waals surface area contributed by atoms with Crippen molar-refractivity contribution in [3.8, 4) is 11.1 Å². The third-order valence-corrected chi connectivity index (χ3v) is 6.30. The minimum absolute atomic E-state index is 0.122. The molecule has 2 aromatic heterocycles. The van der Waals surface area contributed by atoms with Crippen LogP contribution in [0.4, 0.5) is 11.5 Å². The van der Waals surface area contributed by atoms with Crippen molar-refractivity contribution < 1.29 is 4.79 Å². The van der Waals surface area contributed by atoms with E-state index in [1.165, 1.54) is 16.8 Å². The molecule has 0 spiro atoms. The van der Waals surface area contributed by atoms with E-state index in [0.717, 1.165) is 48.6 Å². The van der Waals surface area contributed by atoms with Crippen molar-refractivity contribution in [3.63, 3.8) is 0 Å². The van der Waals surface area contributed by atoms with Crippen molar-refractivity contribution in [2.45, 2.75) is 39.2 Å². The van der Waals surface area contributed by atoms with Crippen LogP contribution in [-0.2, 0) is 24.8 Å². The third-order valence-electron chi connectivity index (χ3n) is 6.30. The van der Waals surface area contributed by atoms with Crippen LogP contribution in [0.5, 0.6) is 0 Å². The van der Waals surface area contributed by atoms with Crippen molar-refractivity contribution in [3.05, 3.63) is 47.4 Å². The molecule has 1 N–H and O–H groups in total. The Morgan fingerprint density at radius 3 is 2.90 bits per heavy atom. The number of aromatic amines is 1. The second kappa shape index (κ2) is 6.76. The number of nitrogens with zero attached hydrogens (tertiary/aromatic N) is 5. The number of hydrogen-bond donors (Lipinski definition) is 1. The topological polar surface area (TPSA) is 70.1 Å². The van der Waals surface area contributed by atoms with E-state index < -0.39 is 0 Å². The first-order valence-electron chi connectivity index (χ1n) is 10.3. The summed E-state index contributed by atoms with van der Waals surface area (Å²) in [6, 6.07) is 6.68. The van der Waals surface area contributed by atoms with Crippen LogP contribution in [0.25, 0.3) is 11.1 Å². The molecule has 29 heavy (non-hydrogen) atoms. The summed E-state index contributed by atoms with van der Waals surface area (Å²) in [7, 11) is 1.94. The lowest BCUT2D eigenvalue weighted by atomic mass is 9.95. The smallest absolute Gasteiger partial charge is 0.219 e. The van der Waals surface area contributed by atoms with Gasteiger partial charge in [-0.3, -0.25) is 14.6 Å². The van der Waals surface area contributed by atoms with E-state index >= 15 is 0 Å². The summed E-state index contributed by atoms with van der Waals surface area (Å²) in [6.07, 6.45) is 5.87. The van der Waals surface area contributed by atoms with Crippen LogP contribution in [0.15, 0.2) is 30.6 Å². The number of aryl methyl sites for hydroxylation is 1. The second-order valence-electron chi connectivity index (χ2n) is 8.09. The molecule has 2 aliphatic rings. The summed E-state index contributed by atoms with van der Waals surface area (Å²) in [6.45, 7) is 6.19. The molecule has 1 atom stereocenters. The van der Waals surface area contributed by atoms with Crippen molar-refractivity contribution in [1.29, 1.82) is 0 Å². The van der Waals surface area contributed by atoms with Gasteiger partial charge < -0.3 is 9.80 Å². The van der Waals surface area contributed by atoms with E-state index in [1.54, 1.807) is 6.92 Å². The number of carbonyl (C=O) groups is 1. The van der Waals surface area contributed by atoms with Gasteiger partial charge >= 0.3 is 0 Å². The fourth-order valence-electron chi connectivity index (χ4n) is 4.62. The van der Waals surface area contributed by atoms with E-state index in [-0.39, 0.29) is 5.91 Å². The molecule has 7 heteroatoms. The second-order valence-corrected chi connectivity index (χ2v) is 8.09. The van der Waals surface area contributed by atoms with Gasteiger partial charge in [0.2, 0.25) is 5.91 Å². The number of amides is 1. The van der Waals surface area contributed by atoms with Gasteiger partial charge in [0, 0.05) is 68.1 Å². The van der Waals surface area contributed by atoms with E-state index in [0.29, 0.717) is 12.5 Å². The zero-order valence-electron chi connectivity index (χ0n) is 17.1. The molecule has 0 saturated heterocycles. The highest BCUT2D eigenvalue weighted by molar-refractivity contribution is 5.77. The molecule has 0 unspecified atom stereocenters. The van der Waals surface area contributed by atoms with Gasteiger partial charge in [-0.15, -0.1) is 0 Å². The van der Waals surface area contributed by atoms with Crippen LogP contribution >= 0.6 is 0 Å². The Labute approximate surface area is 170 Å². The van der Waals surface area contributed by atoms with Crippen molar-refractivity contribution >= 4 is 17.4 Å². The number of hydrogen-bond acceptors (Lipinski definition) is 4. The van der Waals surface area contributed by atoms with E-state index in [4.69, 9.17) is 0 Å². The number of fused-ring (bicyclic) bond motifs is 2. The predicted molar refractivity (Wildman–Crippen MR) is 112 cm³/mol. The van der Waals surface area contributed by atoms with E-state index in [2.05, 4.69) is 51.5 Å². The van der Waals surface area contributed by atoms with Gasteiger partial charge in [-0.2, -0.15) is 10.2 Å². The molecule has 150 valence electrons. The lowest BCUT2D eigenvalue weighted by Gasteiger charge is -2.27. The summed E-state index contributed by atoms with van der Waals surface area (Å²) < 4.78 is 1.84. The first-order chi connectivity index (χ1) is 14.0. The van der Waals surface area contributed by atoms with Crippen molar-refractivity contribution in [1.82, 2.24) is 24.9 Å². The molecule has 1 aromatic carbocycles. The van der Waals surface area contributed by atoms with Gasteiger partial charge in [-0.05, 0) is 29.7 Å². The van der Waals surface area contributed by atoms with Crippen LogP contribution in [-0.4, -0.2) is 43.9 Å². The molecule has 0 saturated carbocycles. The standard InChI is InChI=1S/C22H26N6O/c1-4-15-12-28(22-19-13-27(14(2)29)8-7-20(19)24-25-22)21-6-5-16(9-18(15)21)17-10-23-26(3)11-17/h5-6,9-11,15H,4,7-8,12-13H2,1-3H3,(H,24,25)/t15-/m1/s1. The molecule has 0 fully saturated rings. The van der Waals surface area contributed by atoms with Crippen LogP contribution in [0.1, 0.15) is 43.0 Å². The molecule has 2 aliphatic heterocycles. The Morgan fingerprint density at radius 2 is 2.17 bits per heavy atom. The SMILES string of the molecule is CC[C@@H]1CN(c2n[nH]c3c2CN(C(C)=O)CC3)c2ccc(-c3cnn(C)c3)cc21. The highest BCUT2D eigenvalue weighted by atomic mass is 16.2. The highest BCUT2D eigenvalue weighted by Gasteiger charge is 2.33. The lowest BCUT2D eigenvalue weighted by molar-refractivity contribution is -0.129. The van der Waals surface area contributed by atoms with Gasteiger partial charge in [0.05, 0.1) is 12.7 Å². The van der Waals surface area contributed by atoms with Crippen LogP contribution in [0.2, 0.25) is 0 Å². The normalized spacial score (nSPS) is 18.1. The Kier molecular flexibility index (Phi) is 4.19. The number of rotatable bonds is 3. The number of aromatic nitrogens is 4. The number of H-pyrrole nitrogens is 1.